The van der Waals surface area contributed by atoms with Crippen LogP contribution in [0.2, 0.25) is 0 Å². The largest absolute Gasteiger partial charge is 0.333 e. The summed E-state index contributed by atoms with van der Waals surface area (Å²) in [7, 11) is 0. The molecule has 12 rings (SSSR count). The van der Waals surface area contributed by atoms with Crippen LogP contribution in [0, 0.1) is 12.8 Å². The molecule has 61 heavy (non-hydrogen) atoms. The Morgan fingerprint density at radius 1 is 0.672 bits per heavy atom. The molecule has 3 unspecified atom stereocenters. The lowest BCUT2D eigenvalue weighted by molar-refractivity contribution is 0.661. The minimum Gasteiger partial charge on any atom is -0.333 e. The highest BCUT2D eigenvalue weighted by atomic mass is 32.2. The number of allylic oxidation sites excluding steroid dienone is 7. The molecule has 296 valence electrons. The molecule has 0 fully saturated rings. The lowest BCUT2D eigenvalue weighted by Crippen LogP contribution is -2.28. The quantitative estimate of drug-likeness (QED) is 0.166. The van der Waals surface area contributed by atoms with Crippen LogP contribution < -0.4 is 14.7 Å². The number of para-hydroxylation sites is 3. The van der Waals surface area contributed by atoms with E-state index in [1.54, 1.807) is 0 Å². The first kappa shape index (κ1) is 36.2. The molecule has 7 aromatic rings. The van der Waals surface area contributed by atoms with Crippen LogP contribution in [0.25, 0.3) is 22.7 Å². The normalized spacial score (nSPS) is 19.5. The standard InChI is InChI=1S/C56H46N4S/c1-37-26-28-39(29-27-37)57(40-30-32-41(33-31-40)58-47-17-6-3-14-43(47)44-15-4-7-18-48(44)58)52-22-13-23-53-56(52)45-16-5-8-19-49(45)59(53)42-34-35-46(38(2)36-42)60-50-20-9-11-24-54(50)61-55-25-12-10-21-51(55)60/h3-4,6-15,17-35,38,43,47H,5,16,36H2,1-2H3. The maximum atomic E-state index is 2.57. The molecule has 0 N–H and O–H groups in total. The van der Waals surface area contributed by atoms with Gasteiger partial charge in [-0.05, 0) is 134 Å². The summed E-state index contributed by atoms with van der Waals surface area (Å²) >= 11 is 1.87. The molecule has 2 aliphatic heterocycles. The van der Waals surface area contributed by atoms with Crippen molar-refractivity contribution in [2.24, 2.45) is 5.92 Å². The number of rotatable bonds is 6. The fraction of sp³-hybridized carbons (Fsp3) is 0.143. The van der Waals surface area contributed by atoms with Gasteiger partial charge in [0.15, 0.2) is 0 Å². The van der Waals surface area contributed by atoms with Gasteiger partial charge in [-0.25, -0.2) is 0 Å². The Kier molecular flexibility index (Phi) is 8.60. The van der Waals surface area contributed by atoms with Crippen molar-refractivity contribution in [3.8, 4) is 0 Å². The van der Waals surface area contributed by atoms with Gasteiger partial charge in [0.25, 0.3) is 0 Å². The van der Waals surface area contributed by atoms with Crippen LogP contribution in [0.5, 0.6) is 0 Å². The zero-order valence-corrected chi connectivity index (χ0v) is 35.3. The third kappa shape index (κ3) is 5.82. The molecule has 3 atom stereocenters. The molecule has 0 radical (unpaired) electrons. The summed E-state index contributed by atoms with van der Waals surface area (Å²) < 4.78 is 2.57. The zero-order chi connectivity index (χ0) is 40.6. The monoisotopic (exact) mass is 806 g/mol. The zero-order valence-electron chi connectivity index (χ0n) is 34.4. The van der Waals surface area contributed by atoms with E-state index in [9.17, 15) is 0 Å². The molecule has 6 aromatic carbocycles. The maximum Gasteiger partial charge on any atom is 0.0629 e. The molecule has 1 aromatic heterocycles. The van der Waals surface area contributed by atoms with Crippen LogP contribution in [-0.2, 0) is 6.42 Å². The summed E-state index contributed by atoms with van der Waals surface area (Å²) in [6.07, 6.45) is 21.6. The lowest BCUT2D eigenvalue weighted by atomic mass is 9.91. The highest BCUT2D eigenvalue weighted by Crippen LogP contribution is 2.53. The fourth-order valence-electron chi connectivity index (χ4n) is 10.5. The molecule has 3 aliphatic carbocycles. The van der Waals surface area contributed by atoms with Crippen molar-refractivity contribution in [2.75, 3.05) is 14.7 Å². The average molecular weight is 807 g/mol. The molecule has 5 heteroatoms. The van der Waals surface area contributed by atoms with E-state index in [-0.39, 0.29) is 6.04 Å². The number of benzene rings is 6. The molecule has 5 aliphatic rings. The van der Waals surface area contributed by atoms with E-state index in [1.807, 2.05) is 11.8 Å². The Bertz CT molecular complexity index is 2990. The number of aryl methyl sites for hydroxylation is 2. The number of aromatic nitrogens is 1. The minimum atomic E-state index is 0.266. The van der Waals surface area contributed by atoms with E-state index >= 15 is 0 Å². The first-order valence-electron chi connectivity index (χ1n) is 21.7. The van der Waals surface area contributed by atoms with E-state index in [1.165, 1.54) is 82.9 Å². The van der Waals surface area contributed by atoms with Gasteiger partial charge in [0, 0.05) is 66.9 Å². The first-order valence-corrected chi connectivity index (χ1v) is 22.5. The number of nitrogens with zero attached hydrogens (tertiary/aromatic N) is 4. The minimum absolute atomic E-state index is 0.266. The number of fused-ring (bicyclic) bond motifs is 8. The van der Waals surface area contributed by atoms with Crippen molar-refractivity contribution in [1.82, 2.24) is 4.57 Å². The highest BCUT2D eigenvalue weighted by molar-refractivity contribution is 7.99. The van der Waals surface area contributed by atoms with Crippen molar-refractivity contribution < 1.29 is 0 Å². The van der Waals surface area contributed by atoms with Gasteiger partial charge in [0.05, 0.1) is 28.6 Å². The van der Waals surface area contributed by atoms with Gasteiger partial charge in [0.2, 0.25) is 0 Å². The molecule has 0 bridgehead atoms. The molecular weight excluding hydrogens is 761 g/mol. The first-order chi connectivity index (χ1) is 30.1. The Labute approximate surface area is 362 Å². The summed E-state index contributed by atoms with van der Waals surface area (Å²) in [6.45, 7) is 4.57. The maximum absolute atomic E-state index is 2.57. The molecule has 4 nitrogen and oxygen atoms in total. The summed E-state index contributed by atoms with van der Waals surface area (Å²) in [4.78, 5) is 10.1. The predicted octanol–water partition coefficient (Wildman–Crippen LogP) is 15.2. The smallest absolute Gasteiger partial charge is 0.0629 e. The van der Waals surface area contributed by atoms with Crippen LogP contribution in [-0.4, -0.2) is 10.6 Å². The van der Waals surface area contributed by atoms with Crippen molar-refractivity contribution in [3.05, 3.63) is 210 Å². The Morgan fingerprint density at radius 2 is 1.36 bits per heavy atom. The van der Waals surface area contributed by atoms with Gasteiger partial charge < -0.3 is 19.3 Å². The molecular formula is C56H46N4S. The molecule has 3 heterocycles. The van der Waals surface area contributed by atoms with Crippen molar-refractivity contribution in [2.45, 2.75) is 54.9 Å². The van der Waals surface area contributed by atoms with E-state index in [4.69, 9.17) is 0 Å². The SMILES string of the molecule is Cc1ccc(N(c2ccc(N3c4ccccc4C4C=CC=CC43)cc2)c2cccc3c2c2c(n3C3=CC=C(N4c5ccccc5Sc5ccccc54)C(C)C3)C=CCC2)cc1. The van der Waals surface area contributed by atoms with Crippen LogP contribution in [0.3, 0.4) is 0 Å². The second-order valence-corrected chi connectivity index (χ2v) is 18.0. The van der Waals surface area contributed by atoms with E-state index in [0.29, 0.717) is 11.8 Å². The number of anilines is 7. The van der Waals surface area contributed by atoms with Crippen molar-refractivity contribution >= 4 is 74.2 Å². The summed E-state index contributed by atoms with van der Waals surface area (Å²) in [6, 6.07) is 52.1. The van der Waals surface area contributed by atoms with E-state index in [0.717, 1.165) is 30.6 Å². The predicted molar refractivity (Wildman–Crippen MR) is 257 cm³/mol. The summed E-state index contributed by atoms with van der Waals surface area (Å²) in [5.74, 6) is 0.655. The summed E-state index contributed by atoms with van der Waals surface area (Å²) in [5.41, 5.74) is 17.9. The van der Waals surface area contributed by atoms with Crippen LogP contribution >= 0.6 is 11.8 Å². The average Bonchev–Trinajstić information content (AvgIpc) is 3.83. The van der Waals surface area contributed by atoms with Gasteiger partial charge in [-0.1, -0.05) is 115 Å². The van der Waals surface area contributed by atoms with Crippen LogP contribution in [0.4, 0.5) is 39.8 Å². The highest BCUT2D eigenvalue weighted by Gasteiger charge is 2.37. The van der Waals surface area contributed by atoms with Crippen LogP contribution in [0.1, 0.15) is 48.1 Å². The third-order valence-corrected chi connectivity index (χ3v) is 14.4. The number of hydrogen-bond acceptors (Lipinski definition) is 4. The van der Waals surface area contributed by atoms with Gasteiger partial charge in [0.1, 0.15) is 0 Å². The van der Waals surface area contributed by atoms with Crippen molar-refractivity contribution in [1.29, 1.82) is 0 Å². The van der Waals surface area contributed by atoms with Gasteiger partial charge in [-0.3, -0.25) is 0 Å². The van der Waals surface area contributed by atoms with E-state index in [2.05, 4.69) is 221 Å². The fourth-order valence-corrected chi connectivity index (χ4v) is 11.6. The second kappa shape index (κ2) is 14.5. The molecule has 0 amide bonds. The number of hydrogen-bond donors (Lipinski definition) is 0. The van der Waals surface area contributed by atoms with E-state index < -0.39 is 0 Å². The molecule has 0 spiro atoms. The lowest BCUT2D eigenvalue weighted by Gasteiger charge is -2.38. The van der Waals surface area contributed by atoms with Crippen molar-refractivity contribution in [3.63, 3.8) is 0 Å². The Balaban J connectivity index is 0.981. The molecule has 0 saturated carbocycles. The topological polar surface area (TPSA) is 14.7 Å². The second-order valence-electron chi connectivity index (χ2n) is 16.9. The van der Waals surface area contributed by atoms with Gasteiger partial charge in [-0.15, -0.1) is 0 Å². The molecule has 0 saturated heterocycles. The van der Waals surface area contributed by atoms with Gasteiger partial charge >= 0.3 is 0 Å². The summed E-state index contributed by atoms with van der Waals surface area (Å²) in [5, 5.41) is 1.33. The Hall–Kier alpha value is -6.69. The van der Waals surface area contributed by atoms with Crippen LogP contribution in [0.15, 0.2) is 198 Å². The Morgan fingerprint density at radius 3 is 2.11 bits per heavy atom. The third-order valence-electron chi connectivity index (χ3n) is 13.3. The van der Waals surface area contributed by atoms with Gasteiger partial charge in [-0.2, -0.15) is 0 Å².